The van der Waals surface area contributed by atoms with E-state index >= 15 is 0 Å². The van der Waals surface area contributed by atoms with E-state index in [0.29, 0.717) is 23.8 Å². The predicted octanol–water partition coefficient (Wildman–Crippen LogP) is 4.46. The molecule has 0 spiro atoms. The van der Waals surface area contributed by atoms with Crippen molar-refractivity contribution in [1.29, 1.82) is 0 Å². The number of rotatable bonds is 5. The highest BCUT2D eigenvalue weighted by Crippen LogP contribution is 2.43. The number of aryl methyl sites for hydroxylation is 1. The lowest BCUT2D eigenvalue weighted by molar-refractivity contribution is -0.140. The van der Waals surface area contributed by atoms with Crippen LogP contribution in [0, 0.1) is 11.8 Å². The Morgan fingerprint density at radius 2 is 1.88 bits per heavy atom. The number of methoxy groups -OCH3 is 2. The van der Waals surface area contributed by atoms with Gasteiger partial charge < -0.3 is 23.8 Å². The molecule has 4 unspecified atom stereocenters. The molecular formula is C27H31NO5. The van der Waals surface area contributed by atoms with Crippen LogP contribution in [0.3, 0.4) is 0 Å². The molecular weight excluding hydrogens is 418 g/mol. The molecule has 2 aromatic carbocycles. The molecule has 2 heterocycles. The van der Waals surface area contributed by atoms with Crippen molar-refractivity contribution in [2.45, 2.75) is 38.4 Å². The minimum atomic E-state index is -0.170. The molecule has 1 saturated carbocycles. The maximum absolute atomic E-state index is 13.6. The van der Waals surface area contributed by atoms with Crippen molar-refractivity contribution < 1.29 is 23.7 Å². The van der Waals surface area contributed by atoms with E-state index < -0.39 is 0 Å². The van der Waals surface area contributed by atoms with Crippen LogP contribution in [-0.4, -0.2) is 45.5 Å². The minimum Gasteiger partial charge on any atom is -0.496 e. The fourth-order valence-corrected chi connectivity index (χ4v) is 5.53. The van der Waals surface area contributed by atoms with Gasteiger partial charge in [0.05, 0.1) is 38.1 Å². The summed E-state index contributed by atoms with van der Waals surface area (Å²) in [5, 5.41) is 0. The van der Waals surface area contributed by atoms with Crippen LogP contribution in [0.4, 0.5) is 5.69 Å². The van der Waals surface area contributed by atoms with Crippen LogP contribution in [0.1, 0.15) is 30.9 Å². The highest BCUT2D eigenvalue weighted by molar-refractivity contribution is 6.22. The van der Waals surface area contributed by atoms with Gasteiger partial charge in [-0.3, -0.25) is 4.79 Å². The monoisotopic (exact) mass is 449 g/mol. The van der Waals surface area contributed by atoms with Gasteiger partial charge >= 0.3 is 0 Å². The summed E-state index contributed by atoms with van der Waals surface area (Å²) in [5.74, 6) is 1.36. The van der Waals surface area contributed by atoms with E-state index in [0.717, 1.165) is 31.4 Å². The molecule has 1 saturated heterocycles. The maximum Gasteiger partial charge on any atom is 0.173 e. The van der Waals surface area contributed by atoms with Crippen LogP contribution in [-0.2, 0) is 20.7 Å². The average Bonchev–Trinajstić information content (AvgIpc) is 2.88. The molecule has 2 fully saturated rings. The molecule has 0 aromatic heterocycles. The van der Waals surface area contributed by atoms with Crippen molar-refractivity contribution in [3.8, 4) is 11.5 Å². The number of carbonyl (C=O) groups is 1. The first-order valence-electron chi connectivity index (χ1n) is 11.7. The third-order valence-electron chi connectivity index (χ3n) is 7.29. The Labute approximate surface area is 195 Å². The van der Waals surface area contributed by atoms with E-state index in [1.54, 1.807) is 20.5 Å². The number of hydrogen-bond donors (Lipinski definition) is 0. The topological polar surface area (TPSA) is 57.2 Å². The van der Waals surface area contributed by atoms with Crippen molar-refractivity contribution in [3.63, 3.8) is 0 Å². The fourth-order valence-electron chi connectivity index (χ4n) is 5.53. The SMILES string of the molecule is CCc1ccccc1N1COC2CCC3C(=O)C(c4ccc(OC)c(OC)c4)=COC3C2C1. The van der Waals surface area contributed by atoms with E-state index in [9.17, 15) is 4.79 Å². The predicted molar refractivity (Wildman–Crippen MR) is 127 cm³/mol. The van der Waals surface area contributed by atoms with E-state index in [4.69, 9.17) is 18.9 Å². The van der Waals surface area contributed by atoms with Crippen LogP contribution in [0.15, 0.2) is 48.7 Å². The van der Waals surface area contributed by atoms with Crippen LogP contribution in [0.2, 0.25) is 0 Å². The van der Waals surface area contributed by atoms with E-state index in [1.165, 1.54) is 11.3 Å². The molecule has 6 nitrogen and oxygen atoms in total. The van der Waals surface area contributed by atoms with Gasteiger partial charge in [0.1, 0.15) is 12.8 Å². The zero-order valence-corrected chi connectivity index (χ0v) is 19.5. The van der Waals surface area contributed by atoms with Crippen molar-refractivity contribution in [2.24, 2.45) is 11.8 Å². The number of ketones is 1. The summed E-state index contributed by atoms with van der Waals surface area (Å²) in [7, 11) is 3.20. The molecule has 0 radical (unpaired) electrons. The number of nitrogens with zero attached hydrogens (tertiary/aromatic N) is 1. The lowest BCUT2D eigenvalue weighted by Crippen LogP contribution is -2.56. The van der Waals surface area contributed by atoms with Crippen molar-refractivity contribution in [2.75, 3.05) is 32.4 Å². The molecule has 1 aliphatic carbocycles. The molecule has 174 valence electrons. The largest absolute Gasteiger partial charge is 0.496 e. The first-order chi connectivity index (χ1) is 16.1. The summed E-state index contributed by atoms with van der Waals surface area (Å²) in [5.41, 5.74) is 3.91. The third-order valence-corrected chi connectivity index (χ3v) is 7.29. The Morgan fingerprint density at radius 3 is 2.67 bits per heavy atom. The second kappa shape index (κ2) is 9.10. The standard InChI is InChI=1S/C27H31NO5/c1-4-17-7-5-6-8-22(17)28-14-20-23(33-16-28)12-10-19-26(29)21(15-32-27(19)20)18-9-11-24(30-2)25(13-18)31-3/h5-9,11,13,15,19-20,23,27H,4,10,12,14,16H2,1-3H3. The quantitative estimate of drug-likeness (QED) is 0.672. The van der Waals surface area contributed by atoms with Gasteiger partial charge in [-0.05, 0) is 48.6 Å². The molecule has 4 atom stereocenters. The van der Waals surface area contributed by atoms with Gasteiger partial charge in [-0.25, -0.2) is 0 Å². The number of hydrogen-bond acceptors (Lipinski definition) is 6. The molecule has 0 N–H and O–H groups in total. The lowest BCUT2D eigenvalue weighted by atomic mass is 9.71. The Bertz CT molecular complexity index is 1060. The van der Waals surface area contributed by atoms with Gasteiger partial charge in [-0.1, -0.05) is 31.2 Å². The third kappa shape index (κ3) is 3.86. The number of Topliss-reactive ketones (excluding diaryl/α,β-unsaturated/α-hetero) is 1. The van der Waals surface area contributed by atoms with Gasteiger partial charge in [0.2, 0.25) is 0 Å². The average molecular weight is 450 g/mol. The van der Waals surface area contributed by atoms with Crippen LogP contribution >= 0.6 is 0 Å². The number of fused-ring (bicyclic) bond motifs is 3. The lowest BCUT2D eigenvalue weighted by Gasteiger charge is -2.49. The Kier molecular flexibility index (Phi) is 6.02. The molecule has 0 bridgehead atoms. The van der Waals surface area contributed by atoms with Gasteiger partial charge in [-0.2, -0.15) is 0 Å². The van der Waals surface area contributed by atoms with Crippen LogP contribution < -0.4 is 14.4 Å². The second-order valence-electron chi connectivity index (χ2n) is 8.95. The fraction of sp³-hybridized carbons (Fsp3) is 0.444. The maximum atomic E-state index is 13.6. The highest BCUT2D eigenvalue weighted by Gasteiger charge is 2.49. The van der Waals surface area contributed by atoms with E-state index in [1.807, 2.05) is 18.2 Å². The number of carbonyl (C=O) groups excluding carboxylic acids is 1. The van der Waals surface area contributed by atoms with Crippen LogP contribution in [0.25, 0.3) is 5.57 Å². The van der Waals surface area contributed by atoms with Gasteiger partial charge in [0.15, 0.2) is 17.3 Å². The zero-order chi connectivity index (χ0) is 22.9. The molecule has 6 heteroatoms. The number of ether oxygens (including phenoxy) is 4. The van der Waals surface area contributed by atoms with Crippen LogP contribution in [0.5, 0.6) is 11.5 Å². The number of anilines is 1. The summed E-state index contributed by atoms with van der Waals surface area (Å²) >= 11 is 0. The normalized spacial score (nSPS) is 26.6. The van der Waals surface area contributed by atoms with Gasteiger partial charge in [0.25, 0.3) is 0 Å². The Hall–Kier alpha value is -2.99. The number of allylic oxidation sites excluding steroid dienone is 1. The van der Waals surface area contributed by atoms with Crippen molar-refractivity contribution in [3.05, 3.63) is 59.9 Å². The number of benzene rings is 2. The first kappa shape index (κ1) is 21.8. The van der Waals surface area contributed by atoms with Crippen molar-refractivity contribution >= 4 is 17.0 Å². The summed E-state index contributed by atoms with van der Waals surface area (Å²) in [6, 6.07) is 14.0. The molecule has 2 aromatic rings. The number of para-hydroxylation sites is 1. The smallest absolute Gasteiger partial charge is 0.173 e. The molecule has 5 rings (SSSR count). The summed E-state index contributed by atoms with van der Waals surface area (Å²) in [6.45, 7) is 3.58. The highest BCUT2D eigenvalue weighted by atomic mass is 16.5. The molecule has 2 aliphatic heterocycles. The second-order valence-corrected chi connectivity index (χ2v) is 8.95. The summed E-state index contributed by atoms with van der Waals surface area (Å²) < 4.78 is 23.3. The molecule has 33 heavy (non-hydrogen) atoms. The first-order valence-corrected chi connectivity index (χ1v) is 11.7. The minimum absolute atomic E-state index is 0.125. The van der Waals surface area contributed by atoms with Gasteiger partial charge in [0, 0.05) is 18.2 Å². The molecule has 0 amide bonds. The van der Waals surface area contributed by atoms with E-state index in [2.05, 4.69) is 36.1 Å². The van der Waals surface area contributed by atoms with E-state index in [-0.39, 0.29) is 29.8 Å². The summed E-state index contributed by atoms with van der Waals surface area (Å²) in [6.07, 6.45) is 4.23. The summed E-state index contributed by atoms with van der Waals surface area (Å²) in [4.78, 5) is 15.9. The van der Waals surface area contributed by atoms with Crippen molar-refractivity contribution in [1.82, 2.24) is 0 Å². The zero-order valence-electron chi connectivity index (χ0n) is 19.5. The Morgan fingerprint density at radius 1 is 1.06 bits per heavy atom. The van der Waals surface area contributed by atoms with Gasteiger partial charge in [-0.15, -0.1) is 0 Å². The molecule has 3 aliphatic rings. The Balaban J connectivity index is 1.40.